The smallest absolute Gasteiger partial charge is 0.341 e. The second kappa shape index (κ2) is 8.79. The third kappa shape index (κ3) is 4.20. The van der Waals surface area contributed by atoms with Crippen LogP contribution in [0.1, 0.15) is 45.9 Å². The molecule has 1 aliphatic rings. The quantitative estimate of drug-likeness (QED) is 0.526. The van der Waals surface area contributed by atoms with E-state index in [1.807, 2.05) is 6.92 Å². The van der Waals surface area contributed by atoms with Crippen molar-refractivity contribution in [2.75, 3.05) is 11.5 Å². The summed E-state index contributed by atoms with van der Waals surface area (Å²) < 4.78 is 5.07. The van der Waals surface area contributed by atoms with Gasteiger partial charge in [0.15, 0.2) is 0 Å². The molecule has 1 N–H and O–H groups in total. The van der Waals surface area contributed by atoms with Gasteiger partial charge in [0.2, 0.25) is 11.8 Å². The van der Waals surface area contributed by atoms with Gasteiger partial charge in [-0.05, 0) is 31.5 Å². The Morgan fingerprint density at radius 1 is 1.24 bits per heavy atom. The Morgan fingerprint density at radius 2 is 1.97 bits per heavy atom. The fourth-order valence-corrected chi connectivity index (χ4v) is 5.22. The lowest BCUT2D eigenvalue weighted by Crippen LogP contribution is -2.31. The summed E-state index contributed by atoms with van der Waals surface area (Å²) in [5.74, 6) is -2.56. The molecule has 3 rings (SSSR count). The molecule has 1 aliphatic heterocycles. The van der Waals surface area contributed by atoms with Crippen LogP contribution in [0.15, 0.2) is 35.2 Å². The number of aromatic carboxylic acids is 1. The summed E-state index contributed by atoms with van der Waals surface area (Å²) in [5, 5.41) is 8.85. The molecule has 1 aromatic heterocycles. The summed E-state index contributed by atoms with van der Waals surface area (Å²) in [4.78, 5) is 51.7. The number of amides is 2. The number of imide groups is 1. The second-order valence-corrected chi connectivity index (χ2v) is 8.54. The number of anilines is 1. The van der Waals surface area contributed by atoms with Gasteiger partial charge in [-0.25, -0.2) is 14.5 Å². The van der Waals surface area contributed by atoms with E-state index < -0.39 is 29.0 Å². The van der Waals surface area contributed by atoms with Crippen molar-refractivity contribution < 1.29 is 29.0 Å². The van der Waals surface area contributed by atoms with E-state index in [4.69, 9.17) is 4.74 Å². The lowest BCUT2D eigenvalue weighted by molar-refractivity contribution is -0.121. The molecular weight excluding hydrogens is 414 g/mol. The van der Waals surface area contributed by atoms with Gasteiger partial charge in [-0.3, -0.25) is 9.59 Å². The zero-order valence-corrected chi connectivity index (χ0v) is 17.5. The van der Waals surface area contributed by atoms with Crippen LogP contribution in [0.2, 0.25) is 0 Å². The first-order valence-electron chi connectivity index (χ1n) is 9.02. The average Bonchev–Trinajstić information content (AvgIpc) is 3.23. The molecule has 2 aromatic rings. The molecule has 1 aromatic carbocycles. The largest absolute Gasteiger partial charge is 0.478 e. The first-order valence-corrected chi connectivity index (χ1v) is 10.7. The maximum absolute atomic E-state index is 13.0. The maximum Gasteiger partial charge on any atom is 0.341 e. The predicted octanol–water partition coefficient (Wildman–Crippen LogP) is 3.61. The third-order valence-corrected chi connectivity index (χ3v) is 6.83. The number of carbonyl (C=O) groups excluding carboxylic acids is 3. The average molecular weight is 434 g/mol. The number of benzene rings is 1. The zero-order chi connectivity index (χ0) is 21.1. The zero-order valence-electron chi connectivity index (χ0n) is 15.8. The van der Waals surface area contributed by atoms with E-state index in [9.17, 15) is 24.3 Å². The number of thiophene rings is 1. The molecular formula is C20H19NO6S2. The third-order valence-electron chi connectivity index (χ3n) is 4.30. The molecule has 2 amide bonds. The number of thioether (sulfide) groups is 1. The van der Waals surface area contributed by atoms with Crippen molar-refractivity contribution in [3.63, 3.8) is 0 Å². The fraction of sp³-hybridized carbons (Fsp3) is 0.300. The van der Waals surface area contributed by atoms with E-state index in [0.29, 0.717) is 11.3 Å². The summed E-state index contributed by atoms with van der Waals surface area (Å²) in [5.41, 5.74) is 0.278. The molecule has 9 heteroatoms. The minimum atomic E-state index is -1.10. The van der Waals surface area contributed by atoms with Gasteiger partial charge in [0.25, 0.3) is 0 Å². The van der Waals surface area contributed by atoms with Gasteiger partial charge < -0.3 is 9.84 Å². The standard InChI is InChI=1S/C20H19NO6S2/c1-3-11-9-13(20(26)27-4-2)18(28-11)21-16(22)10-15(17(21)23)29-14-8-6-5-7-12(14)19(24)25/h5-9,15H,3-4,10H2,1-2H3,(H,24,25)/t15-/m1/s1. The van der Waals surface area contributed by atoms with E-state index in [1.165, 1.54) is 17.4 Å². The fourth-order valence-electron chi connectivity index (χ4n) is 2.94. The van der Waals surface area contributed by atoms with Crippen LogP contribution in [0.4, 0.5) is 5.00 Å². The van der Waals surface area contributed by atoms with Crippen molar-refractivity contribution >= 4 is 51.9 Å². The van der Waals surface area contributed by atoms with E-state index >= 15 is 0 Å². The topological polar surface area (TPSA) is 101 Å². The molecule has 2 heterocycles. The number of hydrogen-bond acceptors (Lipinski definition) is 7. The van der Waals surface area contributed by atoms with Gasteiger partial charge in [0.1, 0.15) is 5.00 Å². The van der Waals surface area contributed by atoms with E-state index in [1.54, 1.807) is 31.2 Å². The van der Waals surface area contributed by atoms with Crippen LogP contribution in [0, 0.1) is 0 Å². The summed E-state index contributed by atoms with van der Waals surface area (Å²) in [6.07, 6.45) is 0.580. The van der Waals surface area contributed by atoms with Gasteiger partial charge in [0, 0.05) is 16.2 Å². The Bertz CT molecular complexity index is 983. The highest BCUT2D eigenvalue weighted by Crippen LogP contribution is 2.40. The van der Waals surface area contributed by atoms with Crippen LogP contribution in [0.5, 0.6) is 0 Å². The molecule has 1 saturated heterocycles. The summed E-state index contributed by atoms with van der Waals surface area (Å²) in [6.45, 7) is 3.78. The molecule has 0 saturated carbocycles. The molecule has 0 unspecified atom stereocenters. The van der Waals surface area contributed by atoms with Crippen LogP contribution in [0.25, 0.3) is 0 Å². The van der Waals surface area contributed by atoms with Crippen molar-refractivity contribution in [2.24, 2.45) is 0 Å². The molecule has 1 atom stereocenters. The lowest BCUT2D eigenvalue weighted by Gasteiger charge is -2.15. The number of aryl methyl sites for hydroxylation is 1. The van der Waals surface area contributed by atoms with Crippen molar-refractivity contribution in [1.82, 2.24) is 0 Å². The van der Waals surface area contributed by atoms with Crippen molar-refractivity contribution in [3.05, 3.63) is 46.3 Å². The van der Waals surface area contributed by atoms with Crippen molar-refractivity contribution in [1.29, 1.82) is 0 Å². The van der Waals surface area contributed by atoms with Gasteiger partial charge in [-0.1, -0.05) is 19.1 Å². The Kier molecular flexibility index (Phi) is 6.39. The molecule has 7 nitrogen and oxygen atoms in total. The van der Waals surface area contributed by atoms with Crippen LogP contribution in [-0.2, 0) is 20.7 Å². The highest BCUT2D eigenvalue weighted by atomic mass is 32.2. The first kappa shape index (κ1) is 21.1. The lowest BCUT2D eigenvalue weighted by atomic mass is 10.2. The Morgan fingerprint density at radius 3 is 2.62 bits per heavy atom. The van der Waals surface area contributed by atoms with Crippen molar-refractivity contribution in [3.8, 4) is 0 Å². The van der Waals surface area contributed by atoms with E-state index in [-0.39, 0.29) is 29.2 Å². The minimum absolute atomic E-state index is 0.0704. The number of carboxylic acids is 1. The second-order valence-electron chi connectivity index (χ2n) is 6.18. The monoisotopic (exact) mass is 433 g/mol. The number of carboxylic acid groups (broad SMARTS) is 1. The van der Waals surface area contributed by atoms with Crippen LogP contribution in [0.3, 0.4) is 0 Å². The van der Waals surface area contributed by atoms with E-state index in [0.717, 1.165) is 21.5 Å². The number of esters is 1. The number of nitrogens with zero attached hydrogens (tertiary/aromatic N) is 1. The number of rotatable bonds is 7. The minimum Gasteiger partial charge on any atom is -0.478 e. The van der Waals surface area contributed by atoms with Gasteiger partial charge in [-0.15, -0.1) is 23.1 Å². The Hall–Kier alpha value is -2.65. The van der Waals surface area contributed by atoms with Crippen LogP contribution < -0.4 is 4.90 Å². The Labute approximate surface area is 175 Å². The summed E-state index contributed by atoms with van der Waals surface area (Å²) in [7, 11) is 0. The normalized spacial score (nSPS) is 16.3. The van der Waals surface area contributed by atoms with Gasteiger partial charge in [0.05, 0.1) is 23.0 Å². The molecule has 0 spiro atoms. The summed E-state index contributed by atoms with van der Waals surface area (Å²) >= 11 is 2.26. The van der Waals surface area contributed by atoms with Crippen LogP contribution >= 0.6 is 23.1 Å². The summed E-state index contributed by atoms with van der Waals surface area (Å²) in [6, 6.07) is 8.00. The number of carbonyl (C=O) groups is 4. The van der Waals surface area contributed by atoms with E-state index in [2.05, 4.69) is 0 Å². The highest BCUT2D eigenvalue weighted by Gasteiger charge is 2.43. The SMILES string of the molecule is CCOC(=O)c1cc(CC)sc1N1C(=O)C[C@@H](Sc2ccccc2C(=O)O)C1=O. The first-order chi connectivity index (χ1) is 13.9. The molecule has 0 bridgehead atoms. The molecule has 0 aliphatic carbocycles. The van der Waals surface area contributed by atoms with Gasteiger partial charge >= 0.3 is 11.9 Å². The highest BCUT2D eigenvalue weighted by molar-refractivity contribution is 8.00. The number of hydrogen-bond donors (Lipinski definition) is 1. The molecule has 152 valence electrons. The maximum atomic E-state index is 13.0. The molecule has 0 radical (unpaired) electrons. The van der Waals surface area contributed by atoms with Crippen LogP contribution in [-0.4, -0.2) is 40.7 Å². The molecule has 29 heavy (non-hydrogen) atoms. The van der Waals surface area contributed by atoms with Gasteiger partial charge in [-0.2, -0.15) is 0 Å². The predicted molar refractivity (Wildman–Crippen MR) is 110 cm³/mol. The number of ether oxygens (including phenoxy) is 1. The molecule has 1 fully saturated rings. The van der Waals surface area contributed by atoms with Crippen molar-refractivity contribution in [2.45, 2.75) is 36.8 Å². The Balaban J connectivity index is 1.91.